The number of aromatic nitrogens is 1. The van der Waals surface area contributed by atoms with Gasteiger partial charge in [-0.2, -0.15) is 0 Å². The molecule has 0 radical (unpaired) electrons. The molecule has 1 N–H and O–H groups in total. The van der Waals surface area contributed by atoms with Gasteiger partial charge in [-0.15, -0.1) is 0 Å². The van der Waals surface area contributed by atoms with Crippen LogP contribution in [0.4, 0.5) is 0 Å². The molecule has 0 fully saturated rings. The summed E-state index contributed by atoms with van der Waals surface area (Å²) >= 11 is 0. The van der Waals surface area contributed by atoms with Crippen LogP contribution in [0.5, 0.6) is 0 Å². The molecule has 1 aromatic heterocycles. The highest BCUT2D eigenvalue weighted by atomic mass is 15.1. The number of rotatable bonds is 9. The zero-order valence-electron chi connectivity index (χ0n) is 12.9. The van der Waals surface area contributed by atoms with Gasteiger partial charge in [0.1, 0.15) is 0 Å². The molecule has 0 saturated carbocycles. The Balaban J connectivity index is 2.16. The highest BCUT2D eigenvalue weighted by molar-refractivity contribution is 5.03. The summed E-state index contributed by atoms with van der Waals surface area (Å²) in [4.78, 5) is 6.80. The summed E-state index contributed by atoms with van der Waals surface area (Å²) < 4.78 is 0. The third-order valence-corrected chi connectivity index (χ3v) is 3.55. The molecule has 1 heterocycles. The van der Waals surface area contributed by atoms with E-state index >= 15 is 0 Å². The number of likely N-dealkylation sites (N-methyl/N-ethyl adjacent to an activating group) is 1. The van der Waals surface area contributed by atoms with Gasteiger partial charge in [0.15, 0.2) is 0 Å². The number of hydrogen-bond donors (Lipinski definition) is 1. The molecule has 0 aliphatic heterocycles. The molecule has 0 spiro atoms. The summed E-state index contributed by atoms with van der Waals surface area (Å²) in [5.74, 6) is 0. The van der Waals surface area contributed by atoms with Crippen LogP contribution in [0.3, 0.4) is 0 Å². The maximum absolute atomic E-state index is 4.37. The third kappa shape index (κ3) is 7.28. The molecule has 1 aromatic rings. The molecule has 108 valence electrons. The Bertz CT molecular complexity index is 324. The van der Waals surface area contributed by atoms with E-state index in [1.165, 1.54) is 18.5 Å². The lowest BCUT2D eigenvalue weighted by Gasteiger charge is -2.24. The lowest BCUT2D eigenvalue weighted by Crippen LogP contribution is -2.32. The van der Waals surface area contributed by atoms with E-state index in [0.717, 1.165) is 19.5 Å². The molecule has 1 atom stereocenters. The molecule has 0 bridgehead atoms. The van der Waals surface area contributed by atoms with Crippen LogP contribution in [0.25, 0.3) is 0 Å². The summed E-state index contributed by atoms with van der Waals surface area (Å²) in [5, 5.41) is 3.47. The van der Waals surface area contributed by atoms with Crippen LogP contribution in [-0.2, 0) is 6.42 Å². The molecule has 0 aromatic carbocycles. The van der Waals surface area contributed by atoms with E-state index in [-0.39, 0.29) is 0 Å². The number of hydrogen-bond acceptors (Lipinski definition) is 3. The van der Waals surface area contributed by atoms with Crippen LogP contribution in [0.15, 0.2) is 24.4 Å². The number of pyridine rings is 1. The molecular weight excluding hydrogens is 234 g/mol. The lowest BCUT2D eigenvalue weighted by atomic mass is 10.1. The molecule has 1 rings (SSSR count). The Morgan fingerprint density at radius 3 is 2.68 bits per heavy atom. The predicted octanol–water partition coefficient (Wildman–Crippen LogP) is 2.72. The summed E-state index contributed by atoms with van der Waals surface area (Å²) in [6.07, 6.45) is 5.40. The van der Waals surface area contributed by atoms with Gasteiger partial charge in [-0.25, -0.2) is 0 Å². The third-order valence-electron chi connectivity index (χ3n) is 3.55. The van der Waals surface area contributed by atoms with Crippen molar-refractivity contribution in [3.05, 3.63) is 30.1 Å². The van der Waals surface area contributed by atoms with Gasteiger partial charge in [-0.05, 0) is 45.5 Å². The Kier molecular flexibility index (Phi) is 7.68. The first-order chi connectivity index (χ1) is 9.09. The van der Waals surface area contributed by atoms with E-state index < -0.39 is 0 Å². The summed E-state index contributed by atoms with van der Waals surface area (Å²) in [6, 6.07) is 7.36. The monoisotopic (exact) mass is 263 g/mol. The molecule has 19 heavy (non-hydrogen) atoms. The highest BCUT2D eigenvalue weighted by Crippen LogP contribution is 2.05. The zero-order valence-corrected chi connectivity index (χ0v) is 12.9. The van der Waals surface area contributed by atoms with Gasteiger partial charge in [-0.3, -0.25) is 4.98 Å². The van der Waals surface area contributed by atoms with Crippen LogP contribution in [0, 0.1) is 0 Å². The van der Waals surface area contributed by atoms with Crippen LogP contribution in [-0.4, -0.2) is 42.1 Å². The Labute approximate surface area is 118 Å². The van der Waals surface area contributed by atoms with Crippen LogP contribution in [0.2, 0.25) is 0 Å². The fourth-order valence-corrected chi connectivity index (χ4v) is 2.07. The minimum atomic E-state index is 0.595. The summed E-state index contributed by atoms with van der Waals surface area (Å²) in [5.41, 5.74) is 1.18. The van der Waals surface area contributed by atoms with Gasteiger partial charge in [-0.1, -0.05) is 19.9 Å². The molecule has 3 heteroatoms. The minimum absolute atomic E-state index is 0.595. The topological polar surface area (TPSA) is 28.2 Å². The Hall–Kier alpha value is -0.930. The van der Waals surface area contributed by atoms with Crippen molar-refractivity contribution in [3.63, 3.8) is 0 Å². The van der Waals surface area contributed by atoms with E-state index in [4.69, 9.17) is 0 Å². The van der Waals surface area contributed by atoms with E-state index in [1.54, 1.807) is 0 Å². The van der Waals surface area contributed by atoms with Crippen molar-refractivity contribution in [2.75, 3.05) is 20.1 Å². The predicted molar refractivity (Wildman–Crippen MR) is 82.4 cm³/mol. The van der Waals surface area contributed by atoms with Crippen LogP contribution in [0.1, 0.15) is 39.3 Å². The van der Waals surface area contributed by atoms with E-state index in [1.807, 2.05) is 12.3 Å². The van der Waals surface area contributed by atoms with Gasteiger partial charge in [0.25, 0.3) is 0 Å². The number of nitrogens with one attached hydrogen (secondary N) is 1. The van der Waals surface area contributed by atoms with Crippen molar-refractivity contribution in [1.29, 1.82) is 0 Å². The molecule has 3 nitrogen and oxygen atoms in total. The molecule has 0 aliphatic carbocycles. The molecule has 0 saturated heterocycles. The van der Waals surface area contributed by atoms with Crippen molar-refractivity contribution in [3.8, 4) is 0 Å². The second-order valence-corrected chi connectivity index (χ2v) is 5.65. The fourth-order valence-electron chi connectivity index (χ4n) is 2.07. The van der Waals surface area contributed by atoms with E-state index in [9.17, 15) is 0 Å². The average Bonchev–Trinajstić information content (AvgIpc) is 2.41. The lowest BCUT2D eigenvalue weighted by molar-refractivity contribution is 0.244. The Morgan fingerprint density at radius 1 is 1.26 bits per heavy atom. The second-order valence-electron chi connectivity index (χ2n) is 5.65. The van der Waals surface area contributed by atoms with Crippen molar-refractivity contribution in [1.82, 2.24) is 15.2 Å². The first-order valence-electron chi connectivity index (χ1n) is 7.43. The minimum Gasteiger partial charge on any atom is -0.315 e. The smallest absolute Gasteiger partial charge is 0.0416 e. The van der Waals surface area contributed by atoms with Gasteiger partial charge < -0.3 is 10.2 Å². The summed E-state index contributed by atoms with van der Waals surface area (Å²) in [6.45, 7) is 8.91. The maximum atomic E-state index is 4.37. The Morgan fingerprint density at radius 2 is 2.05 bits per heavy atom. The van der Waals surface area contributed by atoms with Crippen molar-refractivity contribution in [2.45, 2.75) is 52.1 Å². The molecule has 0 amide bonds. The standard InChI is InChI=1S/C16H29N3/c1-14(2)17-12-7-8-15(3)19(4)13-10-16-9-5-6-11-18-16/h5-6,9,11,14-15,17H,7-8,10,12-13H2,1-4H3. The molecular formula is C16H29N3. The van der Waals surface area contributed by atoms with Gasteiger partial charge in [0, 0.05) is 36.9 Å². The van der Waals surface area contributed by atoms with Crippen molar-refractivity contribution >= 4 is 0 Å². The van der Waals surface area contributed by atoms with Crippen LogP contribution < -0.4 is 5.32 Å². The van der Waals surface area contributed by atoms with E-state index in [2.05, 4.69) is 55.2 Å². The second kappa shape index (κ2) is 9.05. The molecule has 1 unspecified atom stereocenters. The maximum Gasteiger partial charge on any atom is 0.0416 e. The van der Waals surface area contributed by atoms with Gasteiger partial charge >= 0.3 is 0 Å². The fraction of sp³-hybridized carbons (Fsp3) is 0.688. The first-order valence-corrected chi connectivity index (χ1v) is 7.43. The molecule has 0 aliphatic rings. The zero-order chi connectivity index (χ0) is 14.1. The van der Waals surface area contributed by atoms with E-state index in [0.29, 0.717) is 12.1 Å². The summed E-state index contributed by atoms with van der Waals surface area (Å²) in [7, 11) is 2.21. The van der Waals surface area contributed by atoms with Crippen molar-refractivity contribution in [2.24, 2.45) is 0 Å². The normalized spacial score (nSPS) is 13.2. The average molecular weight is 263 g/mol. The largest absolute Gasteiger partial charge is 0.315 e. The quantitative estimate of drug-likeness (QED) is 0.694. The van der Waals surface area contributed by atoms with Crippen molar-refractivity contribution < 1.29 is 0 Å². The first kappa shape index (κ1) is 16.1. The van der Waals surface area contributed by atoms with Gasteiger partial charge in [0.05, 0.1) is 0 Å². The SMILES string of the molecule is CC(C)NCCCC(C)N(C)CCc1ccccn1. The van der Waals surface area contributed by atoms with Crippen LogP contribution >= 0.6 is 0 Å². The number of nitrogens with zero attached hydrogens (tertiary/aromatic N) is 2. The van der Waals surface area contributed by atoms with Gasteiger partial charge in [0.2, 0.25) is 0 Å². The highest BCUT2D eigenvalue weighted by Gasteiger charge is 2.09.